The van der Waals surface area contributed by atoms with Crippen LogP contribution in [0.4, 0.5) is 0 Å². The average molecular weight is 373 g/mol. The standard InChI is InChI=1S/C25H27NO2/c1-3-26(19-20-14-16-23(28-2)17-15-20)25(27)18-24(21-10-6-4-7-11-21)22-12-8-5-9-13-22/h4-17,24H,3,18-19H2,1-2H3. The van der Waals surface area contributed by atoms with Crippen molar-refractivity contribution in [2.24, 2.45) is 0 Å². The molecule has 0 aromatic heterocycles. The Hall–Kier alpha value is -3.07. The third kappa shape index (κ3) is 5.01. The Labute approximate surface area is 167 Å². The van der Waals surface area contributed by atoms with Crippen LogP contribution in [0.3, 0.4) is 0 Å². The van der Waals surface area contributed by atoms with Crippen LogP contribution < -0.4 is 4.74 Å². The van der Waals surface area contributed by atoms with Crippen LogP contribution in [0, 0.1) is 0 Å². The van der Waals surface area contributed by atoms with Crippen molar-refractivity contribution in [1.82, 2.24) is 4.90 Å². The Morgan fingerprint density at radius 3 is 1.86 bits per heavy atom. The highest BCUT2D eigenvalue weighted by molar-refractivity contribution is 5.77. The Morgan fingerprint density at radius 2 is 1.39 bits per heavy atom. The molecule has 0 aliphatic carbocycles. The molecule has 0 heterocycles. The Morgan fingerprint density at radius 1 is 0.857 bits per heavy atom. The number of methoxy groups -OCH3 is 1. The summed E-state index contributed by atoms with van der Waals surface area (Å²) in [6.07, 6.45) is 0.456. The zero-order valence-electron chi connectivity index (χ0n) is 16.5. The van der Waals surface area contributed by atoms with E-state index in [1.54, 1.807) is 7.11 Å². The van der Waals surface area contributed by atoms with Gasteiger partial charge < -0.3 is 9.64 Å². The largest absolute Gasteiger partial charge is 0.497 e. The third-order valence-corrected chi connectivity index (χ3v) is 5.05. The highest BCUT2D eigenvalue weighted by atomic mass is 16.5. The van der Waals surface area contributed by atoms with E-state index < -0.39 is 0 Å². The molecule has 0 N–H and O–H groups in total. The number of carbonyl (C=O) groups is 1. The summed E-state index contributed by atoms with van der Waals surface area (Å²) >= 11 is 0. The van der Waals surface area contributed by atoms with Gasteiger partial charge in [-0.1, -0.05) is 72.8 Å². The molecule has 0 aliphatic heterocycles. The molecule has 3 heteroatoms. The number of ether oxygens (including phenoxy) is 1. The second kappa shape index (κ2) is 9.75. The van der Waals surface area contributed by atoms with Gasteiger partial charge in [-0.15, -0.1) is 0 Å². The van der Waals surface area contributed by atoms with Gasteiger partial charge in [0.05, 0.1) is 7.11 Å². The first kappa shape index (κ1) is 19.7. The lowest BCUT2D eigenvalue weighted by molar-refractivity contribution is -0.131. The third-order valence-electron chi connectivity index (χ3n) is 5.05. The smallest absolute Gasteiger partial charge is 0.223 e. The first-order valence-corrected chi connectivity index (χ1v) is 9.72. The van der Waals surface area contributed by atoms with Crippen molar-refractivity contribution in [2.45, 2.75) is 25.8 Å². The van der Waals surface area contributed by atoms with Gasteiger partial charge in [-0.25, -0.2) is 0 Å². The summed E-state index contributed by atoms with van der Waals surface area (Å²) in [5.41, 5.74) is 3.44. The monoisotopic (exact) mass is 373 g/mol. The van der Waals surface area contributed by atoms with Crippen molar-refractivity contribution < 1.29 is 9.53 Å². The molecule has 3 rings (SSSR count). The highest BCUT2D eigenvalue weighted by Gasteiger charge is 2.21. The fraction of sp³-hybridized carbons (Fsp3) is 0.240. The summed E-state index contributed by atoms with van der Waals surface area (Å²) < 4.78 is 5.22. The lowest BCUT2D eigenvalue weighted by Crippen LogP contribution is -2.31. The number of benzene rings is 3. The van der Waals surface area contributed by atoms with Gasteiger partial charge in [-0.3, -0.25) is 4.79 Å². The minimum atomic E-state index is 0.0554. The number of rotatable bonds is 8. The fourth-order valence-corrected chi connectivity index (χ4v) is 3.43. The molecule has 3 aromatic rings. The van der Waals surface area contributed by atoms with Gasteiger partial charge in [0.2, 0.25) is 5.91 Å². The molecule has 0 fully saturated rings. The van der Waals surface area contributed by atoms with Crippen molar-refractivity contribution in [3.63, 3.8) is 0 Å². The number of carbonyl (C=O) groups excluding carboxylic acids is 1. The van der Waals surface area contributed by atoms with Crippen LogP contribution in [0.2, 0.25) is 0 Å². The van der Waals surface area contributed by atoms with Crippen LogP contribution in [0.25, 0.3) is 0 Å². The molecular weight excluding hydrogens is 346 g/mol. The first-order chi connectivity index (χ1) is 13.7. The summed E-state index contributed by atoms with van der Waals surface area (Å²) in [7, 11) is 1.66. The van der Waals surface area contributed by atoms with E-state index in [-0.39, 0.29) is 11.8 Å². The van der Waals surface area contributed by atoms with Gasteiger partial charge in [-0.2, -0.15) is 0 Å². The molecule has 144 valence electrons. The van der Waals surface area contributed by atoms with Gasteiger partial charge in [0.15, 0.2) is 0 Å². The zero-order valence-corrected chi connectivity index (χ0v) is 16.5. The van der Waals surface area contributed by atoms with E-state index >= 15 is 0 Å². The number of nitrogens with zero attached hydrogens (tertiary/aromatic N) is 1. The lowest BCUT2D eigenvalue weighted by atomic mass is 9.88. The molecule has 0 bridgehead atoms. The minimum Gasteiger partial charge on any atom is -0.497 e. The molecular formula is C25H27NO2. The molecule has 1 amide bonds. The molecule has 0 saturated heterocycles. The molecule has 3 aromatic carbocycles. The van der Waals surface area contributed by atoms with E-state index in [0.29, 0.717) is 19.5 Å². The zero-order chi connectivity index (χ0) is 19.8. The predicted molar refractivity (Wildman–Crippen MR) is 113 cm³/mol. The molecule has 0 atom stereocenters. The molecule has 0 saturated carbocycles. The van der Waals surface area contributed by atoms with Gasteiger partial charge in [0.25, 0.3) is 0 Å². The van der Waals surface area contributed by atoms with Gasteiger partial charge in [0, 0.05) is 25.4 Å². The second-order valence-corrected chi connectivity index (χ2v) is 6.83. The van der Waals surface area contributed by atoms with E-state index in [1.807, 2.05) is 72.5 Å². The SMILES string of the molecule is CCN(Cc1ccc(OC)cc1)C(=O)CC(c1ccccc1)c1ccccc1. The van der Waals surface area contributed by atoms with Gasteiger partial charge in [0.1, 0.15) is 5.75 Å². The maximum atomic E-state index is 13.2. The molecule has 0 spiro atoms. The average Bonchev–Trinajstić information content (AvgIpc) is 2.77. The van der Waals surface area contributed by atoms with E-state index in [9.17, 15) is 4.79 Å². The molecule has 0 radical (unpaired) electrons. The van der Waals surface area contributed by atoms with E-state index in [1.165, 1.54) is 11.1 Å². The summed E-state index contributed by atoms with van der Waals surface area (Å²) in [4.78, 5) is 15.1. The van der Waals surface area contributed by atoms with Crippen molar-refractivity contribution in [2.75, 3.05) is 13.7 Å². The number of hydrogen-bond acceptors (Lipinski definition) is 2. The minimum absolute atomic E-state index is 0.0554. The second-order valence-electron chi connectivity index (χ2n) is 6.83. The van der Waals surface area contributed by atoms with Gasteiger partial charge >= 0.3 is 0 Å². The van der Waals surface area contributed by atoms with Crippen LogP contribution in [0.15, 0.2) is 84.9 Å². The summed E-state index contributed by atoms with van der Waals surface area (Å²) in [6, 6.07) is 28.5. The topological polar surface area (TPSA) is 29.5 Å². The van der Waals surface area contributed by atoms with Crippen LogP contribution in [-0.4, -0.2) is 24.5 Å². The van der Waals surface area contributed by atoms with Crippen molar-refractivity contribution >= 4 is 5.91 Å². The van der Waals surface area contributed by atoms with Crippen molar-refractivity contribution in [3.8, 4) is 5.75 Å². The van der Waals surface area contributed by atoms with Crippen LogP contribution in [0.5, 0.6) is 5.75 Å². The lowest BCUT2D eigenvalue weighted by Gasteiger charge is -2.25. The van der Waals surface area contributed by atoms with Crippen molar-refractivity contribution in [3.05, 3.63) is 102 Å². The van der Waals surface area contributed by atoms with Crippen LogP contribution >= 0.6 is 0 Å². The number of hydrogen-bond donors (Lipinski definition) is 0. The predicted octanol–water partition coefficient (Wildman–Crippen LogP) is 5.27. The van der Waals surface area contributed by atoms with Crippen molar-refractivity contribution in [1.29, 1.82) is 0 Å². The first-order valence-electron chi connectivity index (χ1n) is 9.72. The number of amides is 1. The Kier molecular flexibility index (Phi) is 6.85. The van der Waals surface area contributed by atoms with E-state index in [0.717, 1.165) is 11.3 Å². The van der Waals surface area contributed by atoms with Crippen LogP contribution in [0.1, 0.15) is 36.0 Å². The normalized spacial score (nSPS) is 10.7. The van der Waals surface area contributed by atoms with E-state index in [4.69, 9.17) is 4.74 Å². The van der Waals surface area contributed by atoms with Gasteiger partial charge in [-0.05, 0) is 35.7 Å². The molecule has 3 nitrogen and oxygen atoms in total. The summed E-state index contributed by atoms with van der Waals surface area (Å²) in [6.45, 7) is 3.32. The van der Waals surface area contributed by atoms with E-state index in [2.05, 4.69) is 24.3 Å². The fourth-order valence-electron chi connectivity index (χ4n) is 3.43. The maximum absolute atomic E-state index is 13.2. The summed E-state index contributed by atoms with van der Waals surface area (Å²) in [5, 5.41) is 0. The maximum Gasteiger partial charge on any atom is 0.223 e. The molecule has 0 aliphatic rings. The molecule has 0 unspecified atom stereocenters. The quantitative estimate of drug-likeness (QED) is 0.539. The summed E-state index contributed by atoms with van der Waals surface area (Å²) in [5.74, 6) is 1.04. The highest BCUT2D eigenvalue weighted by Crippen LogP contribution is 2.29. The molecule has 28 heavy (non-hydrogen) atoms. The van der Waals surface area contributed by atoms with Crippen LogP contribution in [-0.2, 0) is 11.3 Å². The Balaban J connectivity index is 1.77. The Bertz CT molecular complexity index is 821.